The fraction of sp³-hybridized carbons (Fsp3) is 0.900. The van der Waals surface area contributed by atoms with Crippen molar-refractivity contribution >= 4 is 13.6 Å². The maximum absolute atomic E-state index is 13.8. The fourth-order valence-electron chi connectivity index (χ4n) is 1.06. The Morgan fingerprint density at radius 2 is 1.59 bits per heavy atom. The molecule has 0 rings (SSSR count). The third-order valence-corrected chi connectivity index (χ3v) is 3.67. The zero-order valence-electron chi connectivity index (χ0n) is 10.8. The number of ether oxygens (including phenoxy) is 1. The van der Waals surface area contributed by atoms with Crippen molar-refractivity contribution in [2.24, 2.45) is 0 Å². The van der Waals surface area contributed by atoms with Crippen LogP contribution in [0.15, 0.2) is 0 Å². The fourth-order valence-corrected chi connectivity index (χ4v) is 2.83. The molecule has 0 radical (unpaired) electrons. The van der Waals surface area contributed by atoms with Crippen LogP contribution < -0.4 is 0 Å². The van der Waals surface area contributed by atoms with Crippen molar-refractivity contribution in [2.75, 3.05) is 6.61 Å². The highest BCUT2D eigenvalue weighted by molar-refractivity contribution is 7.55. The van der Waals surface area contributed by atoms with Crippen LogP contribution in [0, 0.1) is 0 Å². The lowest BCUT2D eigenvalue weighted by Gasteiger charge is -2.24. The van der Waals surface area contributed by atoms with Crippen molar-refractivity contribution < 1.29 is 27.5 Å². The Bertz CT molecular complexity index is 278. The van der Waals surface area contributed by atoms with Crippen LogP contribution in [0.25, 0.3) is 0 Å². The van der Waals surface area contributed by atoms with Gasteiger partial charge in [-0.15, -0.1) is 0 Å². The van der Waals surface area contributed by atoms with Crippen LogP contribution in [0.1, 0.15) is 34.6 Å². The van der Waals surface area contributed by atoms with E-state index in [2.05, 4.69) is 4.74 Å². The number of hydrogen-bond donors (Lipinski definition) is 0. The summed E-state index contributed by atoms with van der Waals surface area (Å²) in [6, 6.07) is 0. The SMILES string of the molecule is CCOC(=O)C(F)P(=O)(OC(C)C)OC(C)C. The third kappa shape index (κ3) is 5.61. The van der Waals surface area contributed by atoms with Crippen LogP contribution in [-0.4, -0.2) is 30.7 Å². The zero-order valence-corrected chi connectivity index (χ0v) is 11.7. The molecule has 5 nitrogen and oxygen atoms in total. The first kappa shape index (κ1) is 16.6. The van der Waals surface area contributed by atoms with Crippen molar-refractivity contribution in [1.29, 1.82) is 0 Å². The summed E-state index contributed by atoms with van der Waals surface area (Å²) in [6.07, 6.45) is -1.04. The van der Waals surface area contributed by atoms with Crippen molar-refractivity contribution in [3.05, 3.63) is 0 Å². The second-order valence-corrected chi connectivity index (χ2v) is 5.89. The van der Waals surface area contributed by atoms with Crippen LogP contribution in [0.5, 0.6) is 0 Å². The molecular weight excluding hydrogens is 250 g/mol. The molecule has 0 aliphatic carbocycles. The molecule has 0 heterocycles. The summed E-state index contributed by atoms with van der Waals surface area (Å²) in [6.45, 7) is 7.84. The van der Waals surface area contributed by atoms with Crippen LogP contribution in [0.3, 0.4) is 0 Å². The Labute approximate surface area is 101 Å². The molecule has 7 heteroatoms. The minimum Gasteiger partial charge on any atom is -0.463 e. The average Bonchev–Trinajstić information content (AvgIpc) is 2.14. The highest BCUT2D eigenvalue weighted by atomic mass is 31.2. The lowest BCUT2D eigenvalue weighted by atomic mass is 10.5. The van der Waals surface area contributed by atoms with Gasteiger partial charge in [-0.2, -0.15) is 0 Å². The van der Waals surface area contributed by atoms with E-state index in [9.17, 15) is 13.8 Å². The summed E-state index contributed by atoms with van der Waals surface area (Å²) in [5.74, 6) is -3.63. The van der Waals surface area contributed by atoms with Crippen molar-refractivity contribution in [2.45, 2.75) is 52.7 Å². The molecule has 0 aromatic heterocycles. The van der Waals surface area contributed by atoms with Crippen LogP contribution in [-0.2, 0) is 23.1 Å². The van der Waals surface area contributed by atoms with E-state index in [0.29, 0.717) is 0 Å². The molecular formula is C10H20FO5P. The summed E-state index contributed by atoms with van der Waals surface area (Å²) >= 11 is 0. The van der Waals surface area contributed by atoms with E-state index in [1.54, 1.807) is 27.7 Å². The second kappa shape index (κ2) is 7.09. The van der Waals surface area contributed by atoms with Gasteiger partial charge in [-0.1, -0.05) is 0 Å². The molecule has 17 heavy (non-hydrogen) atoms. The van der Waals surface area contributed by atoms with Gasteiger partial charge < -0.3 is 13.8 Å². The Balaban J connectivity index is 4.90. The molecule has 0 aliphatic rings. The van der Waals surface area contributed by atoms with Gasteiger partial charge in [0.15, 0.2) is 0 Å². The van der Waals surface area contributed by atoms with E-state index in [1.807, 2.05) is 0 Å². The lowest BCUT2D eigenvalue weighted by molar-refractivity contribution is -0.146. The van der Waals surface area contributed by atoms with Gasteiger partial charge in [0.1, 0.15) is 0 Å². The minimum atomic E-state index is -4.15. The van der Waals surface area contributed by atoms with Gasteiger partial charge in [-0.05, 0) is 34.6 Å². The topological polar surface area (TPSA) is 61.8 Å². The molecule has 0 aliphatic heterocycles. The predicted molar refractivity (Wildman–Crippen MR) is 61.6 cm³/mol. The summed E-state index contributed by atoms with van der Waals surface area (Å²) in [7, 11) is -4.15. The van der Waals surface area contributed by atoms with Gasteiger partial charge in [-0.25, -0.2) is 9.18 Å². The van der Waals surface area contributed by atoms with E-state index < -0.39 is 31.7 Å². The number of rotatable bonds is 7. The number of carbonyl (C=O) groups is 1. The van der Waals surface area contributed by atoms with E-state index >= 15 is 0 Å². The first-order valence-corrected chi connectivity index (χ1v) is 7.11. The van der Waals surface area contributed by atoms with Crippen LogP contribution in [0.4, 0.5) is 4.39 Å². The van der Waals surface area contributed by atoms with Gasteiger partial charge in [0.05, 0.1) is 18.8 Å². The molecule has 0 aromatic rings. The molecule has 102 valence electrons. The van der Waals surface area contributed by atoms with Gasteiger partial charge in [-0.3, -0.25) is 4.57 Å². The molecule has 0 bridgehead atoms. The van der Waals surface area contributed by atoms with Gasteiger partial charge >= 0.3 is 13.6 Å². The molecule has 0 amide bonds. The van der Waals surface area contributed by atoms with Crippen molar-refractivity contribution in [1.82, 2.24) is 0 Å². The average molecular weight is 270 g/mol. The molecule has 0 spiro atoms. The Kier molecular flexibility index (Phi) is 6.90. The van der Waals surface area contributed by atoms with Gasteiger partial charge in [0.2, 0.25) is 0 Å². The van der Waals surface area contributed by atoms with Gasteiger partial charge in [0.25, 0.3) is 5.91 Å². The molecule has 1 unspecified atom stereocenters. The second-order valence-electron chi connectivity index (χ2n) is 3.94. The molecule has 0 saturated carbocycles. The zero-order chi connectivity index (χ0) is 13.6. The summed E-state index contributed by atoms with van der Waals surface area (Å²) in [5.41, 5.74) is 0. The number of hydrogen-bond acceptors (Lipinski definition) is 5. The molecule has 1 atom stereocenters. The molecule has 0 saturated heterocycles. The highest BCUT2D eigenvalue weighted by Gasteiger charge is 2.44. The lowest BCUT2D eigenvalue weighted by Crippen LogP contribution is -2.24. The monoisotopic (exact) mass is 270 g/mol. The van der Waals surface area contributed by atoms with E-state index in [4.69, 9.17) is 9.05 Å². The van der Waals surface area contributed by atoms with Crippen LogP contribution in [0.2, 0.25) is 0 Å². The smallest absolute Gasteiger partial charge is 0.376 e. The Hall–Kier alpha value is -0.450. The Morgan fingerprint density at radius 1 is 1.18 bits per heavy atom. The number of alkyl halides is 1. The molecule has 0 fully saturated rings. The number of esters is 1. The summed E-state index contributed by atoms with van der Waals surface area (Å²) < 4.78 is 40.2. The number of halogens is 1. The Morgan fingerprint density at radius 3 is 1.88 bits per heavy atom. The largest absolute Gasteiger partial charge is 0.463 e. The minimum absolute atomic E-state index is 0.00259. The first-order chi connectivity index (χ1) is 7.73. The summed E-state index contributed by atoms with van der Waals surface area (Å²) in [4.78, 5) is 11.2. The summed E-state index contributed by atoms with van der Waals surface area (Å²) in [5, 5.41) is 0. The number of carbonyl (C=O) groups excluding carboxylic acids is 1. The quantitative estimate of drug-likeness (QED) is 0.525. The van der Waals surface area contributed by atoms with E-state index in [-0.39, 0.29) is 6.61 Å². The van der Waals surface area contributed by atoms with E-state index in [0.717, 1.165) is 0 Å². The molecule has 0 aromatic carbocycles. The third-order valence-electron chi connectivity index (χ3n) is 1.47. The van der Waals surface area contributed by atoms with Crippen molar-refractivity contribution in [3.63, 3.8) is 0 Å². The van der Waals surface area contributed by atoms with E-state index in [1.165, 1.54) is 6.92 Å². The van der Waals surface area contributed by atoms with Crippen LogP contribution >= 0.6 is 7.60 Å². The highest BCUT2D eigenvalue weighted by Crippen LogP contribution is 2.56. The first-order valence-electron chi connectivity index (χ1n) is 5.50. The maximum Gasteiger partial charge on any atom is 0.376 e. The molecule has 0 N–H and O–H groups in total. The van der Waals surface area contributed by atoms with Gasteiger partial charge in [0, 0.05) is 0 Å². The normalized spacial score (nSPS) is 14.1. The predicted octanol–water partition coefficient (Wildman–Crippen LogP) is 2.89. The van der Waals surface area contributed by atoms with Crippen molar-refractivity contribution in [3.8, 4) is 0 Å². The standard InChI is InChI=1S/C10H20FO5P/c1-6-14-10(12)9(11)17(13,15-7(2)3)16-8(4)5/h7-9H,6H2,1-5H3. The maximum atomic E-state index is 13.8.